The van der Waals surface area contributed by atoms with E-state index in [2.05, 4.69) is 22.3 Å². The molecule has 1 fully saturated rings. The van der Waals surface area contributed by atoms with Crippen LogP contribution in [-0.2, 0) is 6.42 Å². The Morgan fingerprint density at radius 2 is 2.24 bits per heavy atom. The normalized spacial score (nSPS) is 19.4. The number of nitrogens with zero attached hydrogens (tertiary/aromatic N) is 1. The molecule has 0 amide bonds. The van der Waals surface area contributed by atoms with Gasteiger partial charge in [-0.3, -0.25) is 0 Å². The van der Waals surface area contributed by atoms with Crippen molar-refractivity contribution in [3.8, 4) is 0 Å². The van der Waals surface area contributed by atoms with E-state index in [1.165, 1.54) is 44.9 Å². The molecule has 2 rings (SSSR count). The van der Waals surface area contributed by atoms with Gasteiger partial charge in [-0.1, -0.05) is 32.1 Å². The van der Waals surface area contributed by atoms with Crippen molar-refractivity contribution >= 4 is 0 Å². The average Bonchev–Trinajstić information content (AvgIpc) is 2.88. The molecule has 3 heteroatoms. The van der Waals surface area contributed by atoms with E-state index in [1.54, 1.807) is 0 Å². The van der Waals surface area contributed by atoms with E-state index in [4.69, 9.17) is 0 Å². The van der Waals surface area contributed by atoms with Crippen molar-refractivity contribution in [3.63, 3.8) is 0 Å². The van der Waals surface area contributed by atoms with Crippen LogP contribution in [-0.4, -0.2) is 23.1 Å². The van der Waals surface area contributed by atoms with Gasteiger partial charge in [-0.15, -0.1) is 0 Å². The van der Waals surface area contributed by atoms with Crippen LogP contribution in [0.4, 0.5) is 0 Å². The van der Waals surface area contributed by atoms with Crippen molar-refractivity contribution in [2.45, 2.75) is 57.4 Å². The first-order valence-corrected chi connectivity index (χ1v) is 7.04. The Morgan fingerprint density at radius 1 is 1.41 bits per heavy atom. The molecule has 0 radical (unpaired) electrons. The molecule has 1 aliphatic rings. The predicted molar refractivity (Wildman–Crippen MR) is 70.9 cm³/mol. The zero-order chi connectivity index (χ0) is 11.9. The third kappa shape index (κ3) is 4.15. The maximum Gasteiger partial charge on any atom is 0.107 e. The number of likely N-dealkylation sites (N-methyl/N-ethyl adjacent to an activating group) is 1. The number of aromatic amines is 1. The van der Waals surface area contributed by atoms with Gasteiger partial charge in [0.05, 0.1) is 0 Å². The summed E-state index contributed by atoms with van der Waals surface area (Å²) in [5.41, 5.74) is 0. The minimum absolute atomic E-state index is 0.572. The van der Waals surface area contributed by atoms with Gasteiger partial charge in [-0.2, -0.15) is 0 Å². The lowest BCUT2D eigenvalue weighted by Crippen LogP contribution is -2.28. The van der Waals surface area contributed by atoms with Crippen LogP contribution < -0.4 is 5.32 Å². The molecule has 0 spiro atoms. The topological polar surface area (TPSA) is 40.7 Å². The highest BCUT2D eigenvalue weighted by atomic mass is 14.9. The molecule has 96 valence electrons. The third-order valence-electron chi connectivity index (χ3n) is 4.05. The smallest absolute Gasteiger partial charge is 0.107 e. The molecule has 2 N–H and O–H groups in total. The van der Waals surface area contributed by atoms with Crippen molar-refractivity contribution in [2.75, 3.05) is 7.05 Å². The van der Waals surface area contributed by atoms with Crippen molar-refractivity contribution in [3.05, 3.63) is 18.2 Å². The molecule has 3 nitrogen and oxygen atoms in total. The lowest BCUT2D eigenvalue weighted by molar-refractivity contribution is 0.315. The van der Waals surface area contributed by atoms with Crippen LogP contribution in [0.2, 0.25) is 0 Å². The Kier molecular flexibility index (Phi) is 5.05. The minimum Gasteiger partial charge on any atom is -0.349 e. The van der Waals surface area contributed by atoms with E-state index in [9.17, 15) is 0 Å². The van der Waals surface area contributed by atoms with E-state index in [-0.39, 0.29) is 0 Å². The molecule has 0 aromatic carbocycles. The molecule has 1 heterocycles. The summed E-state index contributed by atoms with van der Waals surface area (Å²) in [6, 6.07) is 0.572. The first kappa shape index (κ1) is 12.6. The lowest BCUT2D eigenvalue weighted by atomic mass is 9.85. The summed E-state index contributed by atoms with van der Waals surface area (Å²) in [5, 5.41) is 3.42. The molecular weight excluding hydrogens is 210 g/mol. The summed E-state index contributed by atoms with van der Waals surface area (Å²) in [5.74, 6) is 2.09. The highest BCUT2D eigenvalue weighted by molar-refractivity contribution is 4.91. The number of hydrogen-bond donors (Lipinski definition) is 2. The van der Waals surface area contributed by atoms with Gasteiger partial charge in [0.15, 0.2) is 0 Å². The number of hydrogen-bond acceptors (Lipinski definition) is 2. The predicted octanol–water partition coefficient (Wildman–Crippen LogP) is 2.90. The first-order valence-electron chi connectivity index (χ1n) is 7.04. The number of rotatable bonds is 6. The fourth-order valence-electron chi connectivity index (χ4n) is 2.90. The molecule has 0 aliphatic heterocycles. The fraction of sp³-hybridized carbons (Fsp3) is 0.786. The molecule has 1 atom stereocenters. The summed E-state index contributed by atoms with van der Waals surface area (Å²) in [4.78, 5) is 7.49. The van der Waals surface area contributed by atoms with Crippen LogP contribution in [0.5, 0.6) is 0 Å². The summed E-state index contributed by atoms with van der Waals surface area (Å²) in [6.45, 7) is 0. The maximum atomic E-state index is 4.30. The molecular formula is C14H25N3. The van der Waals surface area contributed by atoms with Crippen molar-refractivity contribution in [1.82, 2.24) is 15.3 Å². The van der Waals surface area contributed by atoms with Gasteiger partial charge in [-0.25, -0.2) is 4.98 Å². The average molecular weight is 235 g/mol. The van der Waals surface area contributed by atoms with Gasteiger partial charge in [0.1, 0.15) is 5.82 Å². The SMILES string of the molecule is CNC(CCC1CCCCC1)Cc1ncc[nH]1. The number of nitrogens with one attached hydrogen (secondary N) is 2. The highest BCUT2D eigenvalue weighted by Crippen LogP contribution is 2.27. The molecule has 17 heavy (non-hydrogen) atoms. The van der Waals surface area contributed by atoms with Gasteiger partial charge in [0.2, 0.25) is 0 Å². The van der Waals surface area contributed by atoms with Gasteiger partial charge in [-0.05, 0) is 25.8 Å². The van der Waals surface area contributed by atoms with E-state index < -0.39 is 0 Å². The van der Waals surface area contributed by atoms with Crippen LogP contribution in [0.15, 0.2) is 12.4 Å². The van der Waals surface area contributed by atoms with E-state index in [0.717, 1.165) is 18.2 Å². The second kappa shape index (κ2) is 6.80. The summed E-state index contributed by atoms with van der Waals surface area (Å²) in [6.07, 6.45) is 14.7. The molecule has 0 bridgehead atoms. The maximum absolute atomic E-state index is 4.30. The Hall–Kier alpha value is -0.830. The second-order valence-electron chi connectivity index (χ2n) is 5.31. The minimum atomic E-state index is 0.572. The molecule has 1 aromatic rings. The van der Waals surface area contributed by atoms with Crippen molar-refractivity contribution < 1.29 is 0 Å². The fourth-order valence-corrected chi connectivity index (χ4v) is 2.90. The lowest BCUT2D eigenvalue weighted by Gasteiger charge is -2.23. The van der Waals surface area contributed by atoms with Crippen LogP contribution in [0, 0.1) is 5.92 Å². The van der Waals surface area contributed by atoms with Gasteiger partial charge in [0, 0.05) is 24.9 Å². The standard InChI is InChI=1S/C14H25N3/c1-15-13(11-14-16-9-10-17-14)8-7-12-5-3-2-4-6-12/h9-10,12-13,15H,2-8,11H2,1H3,(H,16,17). The van der Waals surface area contributed by atoms with E-state index in [0.29, 0.717) is 6.04 Å². The van der Waals surface area contributed by atoms with Crippen LogP contribution in [0.1, 0.15) is 50.8 Å². The highest BCUT2D eigenvalue weighted by Gasteiger charge is 2.16. The number of imidazole rings is 1. The second-order valence-corrected chi connectivity index (χ2v) is 5.31. The zero-order valence-corrected chi connectivity index (χ0v) is 10.9. The van der Waals surface area contributed by atoms with E-state index >= 15 is 0 Å². The molecule has 1 unspecified atom stereocenters. The number of H-pyrrole nitrogens is 1. The van der Waals surface area contributed by atoms with Crippen molar-refractivity contribution in [1.29, 1.82) is 0 Å². The molecule has 0 saturated heterocycles. The Labute approximate surface area is 104 Å². The van der Waals surface area contributed by atoms with Crippen molar-refractivity contribution in [2.24, 2.45) is 5.92 Å². The third-order valence-corrected chi connectivity index (χ3v) is 4.05. The summed E-state index contributed by atoms with van der Waals surface area (Å²) >= 11 is 0. The zero-order valence-electron chi connectivity index (χ0n) is 10.9. The number of aromatic nitrogens is 2. The Balaban J connectivity index is 1.71. The van der Waals surface area contributed by atoms with E-state index in [1.807, 2.05) is 12.4 Å². The van der Waals surface area contributed by atoms with Gasteiger partial charge in [0.25, 0.3) is 0 Å². The summed E-state index contributed by atoms with van der Waals surface area (Å²) in [7, 11) is 2.06. The van der Waals surface area contributed by atoms with Gasteiger partial charge < -0.3 is 10.3 Å². The monoisotopic (exact) mass is 235 g/mol. The quantitative estimate of drug-likeness (QED) is 0.796. The van der Waals surface area contributed by atoms with Gasteiger partial charge >= 0.3 is 0 Å². The largest absolute Gasteiger partial charge is 0.349 e. The molecule has 1 saturated carbocycles. The molecule has 1 aromatic heterocycles. The van der Waals surface area contributed by atoms with Crippen LogP contribution in [0.25, 0.3) is 0 Å². The summed E-state index contributed by atoms with van der Waals surface area (Å²) < 4.78 is 0. The first-order chi connectivity index (χ1) is 8.38. The Morgan fingerprint density at radius 3 is 2.88 bits per heavy atom. The molecule has 1 aliphatic carbocycles. The van der Waals surface area contributed by atoms with Crippen LogP contribution >= 0.6 is 0 Å². The van der Waals surface area contributed by atoms with Crippen LogP contribution in [0.3, 0.4) is 0 Å². The Bertz CT molecular complexity index is 288.